The maximum absolute atomic E-state index is 12.2. The second-order valence-electron chi connectivity index (χ2n) is 5.80. The number of pyridine rings is 1. The predicted molar refractivity (Wildman–Crippen MR) is 89.8 cm³/mol. The van der Waals surface area contributed by atoms with E-state index in [2.05, 4.69) is 24.1 Å². The average molecular weight is 305 g/mol. The number of hydrogen-bond donors (Lipinski definition) is 2. The highest BCUT2D eigenvalue weighted by molar-refractivity contribution is 7.21. The Kier molecular flexibility index (Phi) is 5.17. The number of carbonyl (C=O) groups is 1. The minimum atomic E-state index is -0.0838. The zero-order valence-corrected chi connectivity index (χ0v) is 13.7. The van der Waals surface area contributed by atoms with E-state index in [1.54, 1.807) is 6.20 Å². The second-order valence-corrected chi connectivity index (χ2v) is 6.80. The summed E-state index contributed by atoms with van der Waals surface area (Å²) >= 11 is 1.37. The number of carbonyl (C=O) groups excluding carboxylic acids is 1. The van der Waals surface area contributed by atoms with Crippen LogP contribution in [0, 0.1) is 12.8 Å². The summed E-state index contributed by atoms with van der Waals surface area (Å²) in [5.74, 6) is 0.632. The van der Waals surface area contributed by atoms with Crippen molar-refractivity contribution < 1.29 is 4.79 Å². The molecule has 0 aliphatic rings. The number of thiophene rings is 1. The summed E-state index contributed by atoms with van der Waals surface area (Å²) in [6.07, 6.45) is 5.09. The minimum absolute atomic E-state index is 0.0838. The third-order valence-electron chi connectivity index (χ3n) is 3.54. The Bertz CT molecular complexity index is 634. The van der Waals surface area contributed by atoms with E-state index in [4.69, 9.17) is 5.73 Å². The molecule has 2 rings (SSSR count). The molecule has 4 nitrogen and oxygen atoms in total. The van der Waals surface area contributed by atoms with Crippen LogP contribution in [0.1, 0.15) is 48.3 Å². The second kappa shape index (κ2) is 6.89. The van der Waals surface area contributed by atoms with Crippen molar-refractivity contribution in [2.75, 3.05) is 12.3 Å². The summed E-state index contributed by atoms with van der Waals surface area (Å²) in [5, 5.41) is 3.87. The highest BCUT2D eigenvalue weighted by Gasteiger charge is 2.17. The van der Waals surface area contributed by atoms with E-state index in [9.17, 15) is 4.79 Å². The molecule has 0 fully saturated rings. The molecular weight excluding hydrogens is 282 g/mol. The van der Waals surface area contributed by atoms with Gasteiger partial charge >= 0.3 is 0 Å². The number of anilines is 1. The van der Waals surface area contributed by atoms with E-state index in [0.29, 0.717) is 23.0 Å². The van der Waals surface area contributed by atoms with Crippen LogP contribution in [-0.2, 0) is 0 Å². The van der Waals surface area contributed by atoms with Crippen LogP contribution in [0.4, 0.5) is 5.69 Å². The van der Waals surface area contributed by atoms with Gasteiger partial charge in [-0.05, 0) is 30.9 Å². The Morgan fingerprint density at radius 3 is 2.86 bits per heavy atom. The smallest absolute Gasteiger partial charge is 0.263 e. The summed E-state index contributed by atoms with van der Waals surface area (Å²) in [7, 11) is 0. The van der Waals surface area contributed by atoms with Crippen LogP contribution in [0.3, 0.4) is 0 Å². The molecular formula is C16H23N3OS. The Morgan fingerprint density at radius 1 is 1.43 bits per heavy atom. The van der Waals surface area contributed by atoms with Crippen molar-refractivity contribution in [1.29, 1.82) is 0 Å². The molecule has 2 aromatic heterocycles. The zero-order chi connectivity index (χ0) is 15.4. The van der Waals surface area contributed by atoms with Crippen molar-refractivity contribution in [3.8, 4) is 0 Å². The summed E-state index contributed by atoms with van der Waals surface area (Å²) in [6.45, 7) is 7.12. The molecule has 0 unspecified atom stereocenters. The van der Waals surface area contributed by atoms with E-state index in [-0.39, 0.29) is 5.91 Å². The number of unbranched alkanes of at least 4 members (excludes halogenated alkanes) is 1. The van der Waals surface area contributed by atoms with Crippen molar-refractivity contribution in [3.63, 3.8) is 0 Å². The topological polar surface area (TPSA) is 68.0 Å². The number of amides is 1. The molecule has 2 heterocycles. The minimum Gasteiger partial charge on any atom is -0.397 e. The monoisotopic (exact) mass is 305 g/mol. The molecule has 0 saturated heterocycles. The van der Waals surface area contributed by atoms with Gasteiger partial charge < -0.3 is 11.1 Å². The molecule has 0 saturated carbocycles. The lowest BCUT2D eigenvalue weighted by molar-refractivity contribution is 0.0958. The first-order chi connectivity index (χ1) is 10.0. The van der Waals surface area contributed by atoms with E-state index < -0.39 is 0 Å². The predicted octanol–water partition coefficient (Wildman–Crippen LogP) is 3.74. The first kappa shape index (κ1) is 15.8. The molecule has 21 heavy (non-hydrogen) atoms. The number of nitrogen functional groups attached to an aromatic ring is 1. The Balaban J connectivity index is 2.00. The number of nitrogens with one attached hydrogen (secondary N) is 1. The van der Waals surface area contributed by atoms with Gasteiger partial charge in [-0.15, -0.1) is 11.3 Å². The van der Waals surface area contributed by atoms with E-state index in [1.807, 2.05) is 13.0 Å². The number of aromatic nitrogens is 1. The Hall–Kier alpha value is -1.62. The van der Waals surface area contributed by atoms with Crippen molar-refractivity contribution in [3.05, 3.63) is 22.7 Å². The molecule has 0 bridgehead atoms. The van der Waals surface area contributed by atoms with Crippen LogP contribution in [-0.4, -0.2) is 17.4 Å². The van der Waals surface area contributed by atoms with E-state index in [1.165, 1.54) is 17.8 Å². The molecule has 0 aromatic carbocycles. The van der Waals surface area contributed by atoms with Crippen LogP contribution in [0.5, 0.6) is 0 Å². The standard InChI is InChI=1S/C16H23N3OS/c1-10(2)6-4-5-8-18-15(20)14-13(17)12-11(3)7-9-19-16(12)21-14/h7,9-10H,4-6,8,17H2,1-3H3,(H,18,20). The lowest BCUT2D eigenvalue weighted by Crippen LogP contribution is -2.24. The van der Waals surface area contributed by atoms with Gasteiger partial charge in [0.1, 0.15) is 9.71 Å². The van der Waals surface area contributed by atoms with Gasteiger partial charge in [-0.25, -0.2) is 4.98 Å². The van der Waals surface area contributed by atoms with Crippen molar-refractivity contribution in [1.82, 2.24) is 10.3 Å². The van der Waals surface area contributed by atoms with Crippen LogP contribution in [0.15, 0.2) is 12.3 Å². The summed E-state index contributed by atoms with van der Waals surface area (Å²) in [6, 6.07) is 1.92. The molecule has 0 aliphatic carbocycles. The SMILES string of the molecule is Cc1ccnc2sc(C(=O)NCCCCC(C)C)c(N)c12. The number of hydrogen-bond acceptors (Lipinski definition) is 4. The van der Waals surface area contributed by atoms with Gasteiger partial charge in [-0.3, -0.25) is 4.79 Å². The molecule has 5 heteroatoms. The van der Waals surface area contributed by atoms with Gasteiger partial charge in [0.05, 0.1) is 5.69 Å². The number of rotatable bonds is 6. The maximum Gasteiger partial charge on any atom is 0.263 e. The molecule has 0 aliphatic heterocycles. The van der Waals surface area contributed by atoms with E-state index >= 15 is 0 Å². The maximum atomic E-state index is 12.2. The van der Waals surface area contributed by atoms with Gasteiger partial charge in [0.25, 0.3) is 5.91 Å². The number of fused-ring (bicyclic) bond motifs is 1. The largest absolute Gasteiger partial charge is 0.397 e. The normalized spacial score (nSPS) is 11.2. The Labute approximate surface area is 129 Å². The summed E-state index contributed by atoms with van der Waals surface area (Å²) < 4.78 is 0. The number of nitrogens with zero attached hydrogens (tertiary/aromatic N) is 1. The quantitative estimate of drug-likeness (QED) is 0.799. The molecule has 3 N–H and O–H groups in total. The summed E-state index contributed by atoms with van der Waals surface area (Å²) in [5.41, 5.74) is 7.74. The van der Waals surface area contributed by atoms with Crippen LogP contribution >= 0.6 is 11.3 Å². The molecule has 0 atom stereocenters. The molecule has 0 spiro atoms. The van der Waals surface area contributed by atoms with Crippen LogP contribution < -0.4 is 11.1 Å². The lowest BCUT2D eigenvalue weighted by Gasteiger charge is -2.06. The number of aryl methyl sites for hydroxylation is 1. The first-order valence-corrected chi connectivity index (χ1v) is 8.24. The fraction of sp³-hybridized carbons (Fsp3) is 0.500. The first-order valence-electron chi connectivity index (χ1n) is 7.42. The molecule has 0 radical (unpaired) electrons. The van der Waals surface area contributed by atoms with Gasteiger partial charge in [0.15, 0.2) is 0 Å². The fourth-order valence-corrected chi connectivity index (χ4v) is 3.39. The van der Waals surface area contributed by atoms with Crippen molar-refractivity contribution >= 4 is 33.1 Å². The van der Waals surface area contributed by atoms with Crippen LogP contribution in [0.2, 0.25) is 0 Å². The highest BCUT2D eigenvalue weighted by atomic mass is 32.1. The molecule has 114 valence electrons. The van der Waals surface area contributed by atoms with E-state index in [0.717, 1.165) is 28.6 Å². The van der Waals surface area contributed by atoms with Crippen LogP contribution in [0.25, 0.3) is 10.2 Å². The van der Waals surface area contributed by atoms with Gasteiger partial charge in [-0.2, -0.15) is 0 Å². The summed E-state index contributed by atoms with van der Waals surface area (Å²) in [4.78, 5) is 17.9. The van der Waals surface area contributed by atoms with Gasteiger partial charge in [0, 0.05) is 18.1 Å². The number of nitrogens with two attached hydrogens (primary N) is 1. The third kappa shape index (κ3) is 3.73. The van der Waals surface area contributed by atoms with Gasteiger partial charge in [-0.1, -0.05) is 26.7 Å². The third-order valence-corrected chi connectivity index (χ3v) is 4.65. The molecule has 1 amide bonds. The fourth-order valence-electron chi connectivity index (χ4n) is 2.33. The zero-order valence-electron chi connectivity index (χ0n) is 12.9. The lowest BCUT2D eigenvalue weighted by atomic mass is 10.1. The average Bonchev–Trinajstić information content (AvgIpc) is 2.76. The van der Waals surface area contributed by atoms with Gasteiger partial charge in [0.2, 0.25) is 0 Å². The Morgan fingerprint density at radius 2 is 2.19 bits per heavy atom. The molecule has 2 aromatic rings. The highest BCUT2D eigenvalue weighted by Crippen LogP contribution is 2.34. The van der Waals surface area contributed by atoms with Crippen molar-refractivity contribution in [2.24, 2.45) is 5.92 Å². The van der Waals surface area contributed by atoms with Crippen molar-refractivity contribution in [2.45, 2.75) is 40.0 Å².